The summed E-state index contributed by atoms with van der Waals surface area (Å²) in [6.07, 6.45) is 1.94. The van der Waals surface area contributed by atoms with Gasteiger partial charge in [-0.15, -0.1) is 0 Å². The van der Waals surface area contributed by atoms with Gasteiger partial charge in [0.2, 0.25) is 0 Å². The molecule has 0 saturated carbocycles. The number of aromatic amines is 1. The van der Waals surface area contributed by atoms with Crippen molar-refractivity contribution in [3.05, 3.63) is 103 Å². The zero-order chi connectivity index (χ0) is 18.7. The van der Waals surface area contributed by atoms with Crippen molar-refractivity contribution in [3.8, 4) is 11.4 Å². The normalized spacial score (nSPS) is 11.7. The predicted octanol–water partition coefficient (Wildman–Crippen LogP) is 5.44. The average molecular weight is 370 g/mol. The lowest BCUT2D eigenvalue weighted by molar-refractivity contribution is 0.738. The van der Waals surface area contributed by atoms with Gasteiger partial charge in [-0.05, 0) is 56.6 Å². The summed E-state index contributed by atoms with van der Waals surface area (Å²) in [4.78, 5) is 8.31. The molecular weight excluding hydrogens is 347 g/mol. The maximum atomic E-state index is 5.04. The number of hydrogen-bond acceptors (Lipinski definition) is 1. The molecule has 2 aromatic carbocycles. The summed E-state index contributed by atoms with van der Waals surface area (Å²) in [6.45, 7) is 4.64. The highest BCUT2D eigenvalue weighted by Crippen LogP contribution is 2.53. The maximum Gasteiger partial charge on any atom is 0.0868 e. The summed E-state index contributed by atoms with van der Waals surface area (Å²) in [7, 11) is -0.613. The summed E-state index contributed by atoms with van der Waals surface area (Å²) >= 11 is 0. The Bertz CT molecular complexity index is 954. The zero-order valence-corrected chi connectivity index (χ0v) is 16.5. The smallest absolute Gasteiger partial charge is 0.0868 e. The quantitative estimate of drug-likeness (QED) is 0.465. The van der Waals surface area contributed by atoms with E-state index < -0.39 is 7.92 Å². The summed E-state index contributed by atoms with van der Waals surface area (Å²) in [6, 6.07) is 32.1. The second-order valence-electron chi connectivity index (χ2n) is 7.06. The van der Waals surface area contributed by atoms with Gasteiger partial charge in [-0.2, -0.15) is 0 Å². The molecule has 0 aliphatic carbocycles. The Morgan fingerprint density at radius 1 is 0.704 bits per heavy atom. The molecule has 1 N–H and O–H groups in total. The highest BCUT2D eigenvalue weighted by atomic mass is 31.1. The van der Waals surface area contributed by atoms with Crippen LogP contribution in [-0.4, -0.2) is 9.97 Å². The van der Waals surface area contributed by atoms with Crippen LogP contribution in [0, 0.1) is 0 Å². The van der Waals surface area contributed by atoms with Crippen LogP contribution in [-0.2, 0) is 5.16 Å². The fourth-order valence-electron chi connectivity index (χ4n) is 3.48. The molecule has 4 rings (SSSR count). The molecule has 0 radical (unpaired) electrons. The molecule has 2 heterocycles. The topological polar surface area (TPSA) is 28.7 Å². The number of nitrogens with zero attached hydrogens (tertiary/aromatic N) is 1. The second kappa shape index (κ2) is 7.50. The first-order valence-corrected chi connectivity index (χ1v) is 10.5. The first-order chi connectivity index (χ1) is 13.2. The van der Waals surface area contributed by atoms with Gasteiger partial charge in [0.05, 0.1) is 17.1 Å². The number of H-pyrrole nitrogens is 1. The van der Waals surface area contributed by atoms with E-state index in [0.29, 0.717) is 0 Å². The molecule has 0 aliphatic heterocycles. The monoisotopic (exact) mass is 370 g/mol. The van der Waals surface area contributed by atoms with Crippen LogP contribution in [0.1, 0.15) is 19.5 Å². The minimum Gasteiger partial charge on any atom is -0.360 e. The van der Waals surface area contributed by atoms with Crippen LogP contribution in [0.15, 0.2) is 97.2 Å². The minimum atomic E-state index is -0.613. The predicted molar refractivity (Wildman–Crippen MR) is 116 cm³/mol. The molecule has 0 atom stereocenters. The van der Waals surface area contributed by atoms with Crippen LogP contribution in [0.2, 0.25) is 0 Å². The lowest BCUT2D eigenvalue weighted by Gasteiger charge is -2.35. The highest BCUT2D eigenvalue weighted by molar-refractivity contribution is 7.74. The third kappa shape index (κ3) is 3.59. The van der Waals surface area contributed by atoms with Gasteiger partial charge in [-0.25, -0.2) is 0 Å². The molecule has 134 valence electrons. The molecule has 0 saturated heterocycles. The first-order valence-electron chi connectivity index (χ1n) is 9.18. The van der Waals surface area contributed by atoms with Gasteiger partial charge in [0.25, 0.3) is 0 Å². The molecule has 4 aromatic rings. The largest absolute Gasteiger partial charge is 0.360 e. The molecular formula is C24H23N2P. The Balaban J connectivity index is 1.83. The van der Waals surface area contributed by atoms with E-state index in [2.05, 4.69) is 104 Å². The van der Waals surface area contributed by atoms with Gasteiger partial charge in [0.15, 0.2) is 0 Å². The standard InChI is InChI=1S/C24H23N2P/c1-24(2,23-17-9-15-22(26-23)21-16-10-18-25-21)27(19-11-5-3-6-12-19)20-13-7-4-8-14-20/h3-18,25H,1-2H3. The van der Waals surface area contributed by atoms with E-state index in [4.69, 9.17) is 4.98 Å². The molecule has 2 aromatic heterocycles. The Labute approximate surface area is 162 Å². The van der Waals surface area contributed by atoms with Crippen LogP contribution in [0.5, 0.6) is 0 Å². The van der Waals surface area contributed by atoms with Crippen molar-refractivity contribution in [2.75, 3.05) is 0 Å². The Kier molecular flexibility index (Phi) is 4.92. The van der Waals surface area contributed by atoms with Gasteiger partial charge in [-0.1, -0.05) is 66.7 Å². The van der Waals surface area contributed by atoms with Crippen molar-refractivity contribution in [1.82, 2.24) is 9.97 Å². The number of hydrogen-bond donors (Lipinski definition) is 1. The van der Waals surface area contributed by atoms with E-state index in [9.17, 15) is 0 Å². The van der Waals surface area contributed by atoms with Crippen LogP contribution in [0.3, 0.4) is 0 Å². The lowest BCUT2D eigenvalue weighted by atomic mass is 10.1. The summed E-state index contributed by atoms with van der Waals surface area (Å²) < 4.78 is 0. The third-order valence-corrected chi connectivity index (χ3v) is 7.81. The molecule has 0 spiro atoms. The minimum absolute atomic E-state index is 0.110. The number of aromatic nitrogens is 2. The SMILES string of the molecule is CC(C)(c1cccc(-c2ccc[nH]2)n1)P(c1ccccc1)c1ccccc1. The van der Waals surface area contributed by atoms with Gasteiger partial charge >= 0.3 is 0 Å². The van der Waals surface area contributed by atoms with E-state index in [1.807, 2.05) is 12.3 Å². The fraction of sp³-hybridized carbons (Fsp3) is 0.125. The van der Waals surface area contributed by atoms with Crippen molar-refractivity contribution in [3.63, 3.8) is 0 Å². The van der Waals surface area contributed by atoms with Crippen LogP contribution < -0.4 is 10.6 Å². The van der Waals surface area contributed by atoms with Crippen LogP contribution in [0.4, 0.5) is 0 Å². The lowest BCUT2D eigenvalue weighted by Crippen LogP contribution is -2.28. The first kappa shape index (κ1) is 17.7. The van der Waals surface area contributed by atoms with E-state index in [1.165, 1.54) is 10.6 Å². The van der Waals surface area contributed by atoms with Crippen molar-refractivity contribution >= 4 is 18.5 Å². The molecule has 0 bridgehead atoms. The van der Waals surface area contributed by atoms with E-state index in [1.54, 1.807) is 0 Å². The summed E-state index contributed by atoms with van der Waals surface area (Å²) in [5, 5.41) is 2.63. The van der Waals surface area contributed by atoms with E-state index in [0.717, 1.165) is 17.1 Å². The second-order valence-corrected chi connectivity index (χ2v) is 9.88. The van der Waals surface area contributed by atoms with Gasteiger partial charge in [0.1, 0.15) is 0 Å². The van der Waals surface area contributed by atoms with Crippen molar-refractivity contribution in [2.45, 2.75) is 19.0 Å². The van der Waals surface area contributed by atoms with Crippen molar-refractivity contribution in [1.29, 1.82) is 0 Å². The Hall–Kier alpha value is -2.70. The van der Waals surface area contributed by atoms with Crippen LogP contribution in [0.25, 0.3) is 11.4 Å². The number of benzene rings is 2. The molecule has 2 nitrogen and oxygen atoms in total. The number of pyridine rings is 1. The number of rotatable bonds is 5. The van der Waals surface area contributed by atoms with Gasteiger partial charge < -0.3 is 4.98 Å². The third-order valence-electron chi connectivity index (χ3n) is 4.84. The van der Waals surface area contributed by atoms with Crippen LogP contribution >= 0.6 is 7.92 Å². The van der Waals surface area contributed by atoms with Crippen molar-refractivity contribution < 1.29 is 0 Å². The molecule has 0 aliphatic rings. The molecule has 0 fully saturated rings. The highest BCUT2D eigenvalue weighted by Gasteiger charge is 2.35. The Morgan fingerprint density at radius 3 is 1.89 bits per heavy atom. The number of nitrogens with one attached hydrogen (secondary N) is 1. The zero-order valence-electron chi connectivity index (χ0n) is 15.6. The average Bonchev–Trinajstić information content (AvgIpc) is 3.25. The summed E-state index contributed by atoms with van der Waals surface area (Å²) in [5.41, 5.74) is 3.16. The molecule has 0 amide bonds. The molecule has 27 heavy (non-hydrogen) atoms. The van der Waals surface area contributed by atoms with E-state index in [-0.39, 0.29) is 5.16 Å². The fourth-order valence-corrected chi connectivity index (χ4v) is 6.36. The van der Waals surface area contributed by atoms with Crippen molar-refractivity contribution in [2.24, 2.45) is 0 Å². The van der Waals surface area contributed by atoms with Gasteiger partial charge in [-0.3, -0.25) is 4.98 Å². The Morgan fingerprint density at radius 2 is 1.33 bits per heavy atom. The van der Waals surface area contributed by atoms with E-state index >= 15 is 0 Å². The molecule has 0 unspecified atom stereocenters. The van der Waals surface area contributed by atoms with Gasteiger partial charge in [0, 0.05) is 11.4 Å². The molecule has 3 heteroatoms. The summed E-state index contributed by atoms with van der Waals surface area (Å²) in [5.74, 6) is 0. The maximum absolute atomic E-state index is 5.04.